The van der Waals surface area contributed by atoms with Crippen LogP contribution in [0.2, 0.25) is 0 Å². The maximum atomic E-state index is 13.1. The molecule has 0 radical (unpaired) electrons. The maximum Gasteiger partial charge on any atom is 0.408 e. The Labute approximate surface area is 205 Å². The lowest BCUT2D eigenvalue weighted by Gasteiger charge is -2.23. The normalized spacial score (nSPS) is 12.3. The van der Waals surface area contributed by atoms with E-state index in [4.69, 9.17) is 13.9 Å². The van der Waals surface area contributed by atoms with Gasteiger partial charge in [-0.1, -0.05) is 43.7 Å². The van der Waals surface area contributed by atoms with Gasteiger partial charge in [0.15, 0.2) is 0 Å². The van der Waals surface area contributed by atoms with E-state index >= 15 is 0 Å². The summed E-state index contributed by atoms with van der Waals surface area (Å²) in [6.07, 6.45) is 0.744. The molecule has 0 saturated carbocycles. The molecular formula is C28H33NO6. The number of benzene rings is 2. The second kappa shape index (κ2) is 10.8. The maximum absolute atomic E-state index is 13.1. The number of esters is 1. The Morgan fingerprint density at radius 2 is 1.77 bits per heavy atom. The van der Waals surface area contributed by atoms with Gasteiger partial charge in [0.05, 0.1) is 5.39 Å². The van der Waals surface area contributed by atoms with Gasteiger partial charge in [0.1, 0.15) is 23.0 Å². The number of hydrogen-bond acceptors (Lipinski definition) is 6. The zero-order chi connectivity index (χ0) is 25.8. The summed E-state index contributed by atoms with van der Waals surface area (Å²) in [7, 11) is 0. The summed E-state index contributed by atoms with van der Waals surface area (Å²) in [5, 5.41) is 3.17. The molecule has 0 fully saturated rings. The lowest BCUT2D eigenvalue weighted by atomic mass is 9.98. The molecule has 1 heterocycles. The number of fused-ring (bicyclic) bond motifs is 1. The summed E-state index contributed by atoms with van der Waals surface area (Å²) < 4.78 is 16.7. The summed E-state index contributed by atoms with van der Waals surface area (Å²) in [5.74, 6) is -0.326. The second-order valence-electron chi connectivity index (χ2n) is 9.70. The van der Waals surface area contributed by atoms with Crippen molar-refractivity contribution in [2.24, 2.45) is 0 Å². The fourth-order valence-electron chi connectivity index (χ4n) is 3.89. The molecule has 1 N–H and O–H groups in total. The first kappa shape index (κ1) is 26.0. The molecule has 0 spiro atoms. The van der Waals surface area contributed by atoms with Gasteiger partial charge >= 0.3 is 17.7 Å². The van der Waals surface area contributed by atoms with Gasteiger partial charge in [0, 0.05) is 12.0 Å². The highest BCUT2D eigenvalue weighted by atomic mass is 16.6. The molecule has 1 unspecified atom stereocenters. The number of nitrogens with one attached hydrogen (secondary N) is 1. The fraction of sp³-hybridized carbons (Fsp3) is 0.393. The van der Waals surface area contributed by atoms with Crippen molar-refractivity contribution in [1.29, 1.82) is 0 Å². The standard InChI is InChI=1S/C28H33NO6/c1-7-11-21(29-27(32)35-28(4,5)6)26(31)34-23-15-17(2)14-22-24(23)18(3)20(25(30)33-22)16-19-12-9-8-10-13-19/h8-10,12-15,21H,7,11,16H2,1-6H3,(H,29,32). The number of alkyl carbamates (subject to hydrolysis) is 1. The van der Waals surface area contributed by atoms with Crippen LogP contribution in [-0.4, -0.2) is 23.7 Å². The molecule has 1 amide bonds. The van der Waals surface area contributed by atoms with Crippen LogP contribution in [-0.2, 0) is 16.0 Å². The Hall–Kier alpha value is -3.61. The summed E-state index contributed by atoms with van der Waals surface area (Å²) in [5.41, 5.74) is 2.16. The number of carbonyl (C=O) groups is 2. The Kier molecular flexibility index (Phi) is 7.99. The van der Waals surface area contributed by atoms with Crippen LogP contribution in [0.15, 0.2) is 51.7 Å². The first-order chi connectivity index (χ1) is 16.5. The summed E-state index contributed by atoms with van der Waals surface area (Å²) in [4.78, 5) is 38.2. The molecule has 0 bridgehead atoms. The third-order valence-electron chi connectivity index (χ3n) is 5.47. The van der Waals surface area contributed by atoms with Crippen molar-refractivity contribution in [3.63, 3.8) is 0 Å². The average molecular weight is 480 g/mol. The zero-order valence-corrected chi connectivity index (χ0v) is 21.2. The molecule has 7 nitrogen and oxygen atoms in total. The topological polar surface area (TPSA) is 94.8 Å². The molecule has 3 aromatic rings. The molecular weight excluding hydrogens is 446 g/mol. The Morgan fingerprint density at radius 1 is 1.09 bits per heavy atom. The highest BCUT2D eigenvalue weighted by Crippen LogP contribution is 2.32. The molecule has 0 aliphatic carbocycles. The highest BCUT2D eigenvalue weighted by molar-refractivity contribution is 5.92. The Morgan fingerprint density at radius 3 is 2.40 bits per heavy atom. The van der Waals surface area contributed by atoms with Crippen molar-refractivity contribution in [2.75, 3.05) is 0 Å². The minimum absolute atomic E-state index is 0.285. The highest BCUT2D eigenvalue weighted by Gasteiger charge is 2.27. The van der Waals surface area contributed by atoms with Gasteiger partial charge in [-0.15, -0.1) is 0 Å². The van der Waals surface area contributed by atoms with Crippen molar-refractivity contribution in [3.05, 3.63) is 75.1 Å². The van der Waals surface area contributed by atoms with Gasteiger partial charge in [-0.05, 0) is 69.9 Å². The first-order valence-corrected chi connectivity index (χ1v) is 11.8. The van der Waals surface area contributed by atoms with Crippen LogP contribution in [0, 0.1) is 13.8 Å². The SMILES string of the molecule is CCCC(NC(=O)OC(C)(C)C)C(=O)Oc1cc(C)cc2oc(=O)c(Cc3ccccc3)c(C)c12. The molecule has 3 rings (SSSR count). The van der Waals surface area contributed by atoms with E-state index in [1.807, 2.05) is 51.1 Å². The van der Waals surface area contributed by atoms with Crippen molar-refractivity contribution >= 4 is 23.0 Å². The summed E-state index contributed by atoms with van der Waals surface area (Å²) >= 11 is 0. The van der Waals surface area contributed by atoms with Crippen LogP contribution in [0.25, 0.3) is 11.0 Å². The largest absolute Gasteiger partial charge is 0.444 e. The minimum atomic E-state index is -0.884. The van der Waals surface area contributed by atoms with Crippen molar-refractivity contribution in [1.82, 2.24) is 5.32 Å². The van der Waals surface area contributed by atoms with Gasteiger partial charge in [0.25, 0.3) is 0 Å². The van der Waals surface area contributed by atoms with Crippen LogP contribution < -0.4 is 15.7 Å². The van der Waals surface area contributed by atoms with Crippen molar-refractivity contribution < 1.29 is 23.5 Å². The molecule has 1 atom stereocenters. The van der Waals surface area contributed by atoms with Crippen molar-refractivity contribution in [3.8, 4) is 5.75 Å². The van der Waals surface area contributed by atoms with Gasteiger partial charge in [0.2, 0.25) is 0 Å². The molecule has 2 aromatic carbocycles. The van der Waals surface area contributed by atoms with Gasteiger partial charge in [-0.2, -0.15) is 0 Å². The first-order valence-electron chi connectivity index (χ1n) is 11.8. The third-order valence-corrected chi connectivity index (χ3v) is 5.47. The number of aryl methyl sites for hydroxylation is 2. The average Bonchev–Trinajstić information content (AvgIpc) is 2.75. The third kappa shape index (κ3) is 6.72. The summed E-state index contributed by atoms with van der Waals surface area (Å²) in [6.45, 7) is 10.8. The van der Waals surface area contributed by atoms with E-state index in [0.717, 1.165) is 11.1 Å². The Bertz CT molecular complexity index is 1270. The molecule has 7 heteroatoms. The van der Waals surface area contributed by atoms with E-state index in [2.05, 4.69) is 5.32 Å². The number of amides is 1. The number of ether oxygens (including phenoxy) is 2. The van der Waals surface area contributed by atoms with E-state index in [0.29, 0.717) is 41.4 Å². The van der Waals surface area contributed by atoms with Crippen molar-refractivity contribution in [2.45, 2.75) is 72.4 Å². The smallest absolute Gasteiger partial charge is 0.408 e. The minimum Gasteiger partial charge on any atom is -0.444 e. The second-order valence-corrected chi connectivity index (χ2v) is 9.70. The lowest BCUT2D eigenvalue weighted by molar-refractivity contribution is -0.136. The quantitative estimate of drug-likeness (QED) is 0.269. The number of hydrogen-bond donors (Lipinski definition) is 1. The van der Waals surface area contributed by atoms with Crippen LogP contribution in [0.1, 0.15) is 62.8 Å². The number of rotatable bonds is 7. The molecule has 35 heavy (non-hydrogen) atoms. The fourth-order valence-corrected chi connectivity index (χ4v) is 3.89. The van der Waals surface area contributed by atoms with Gasteiger partial charge < -0.3 is 19.2 Å². The molecule has 0 aliphatic heterocycles. The monoisotopic (exact) mass is 479 g/mol. The van der Waals surface area contributed by atoms with Gasteiger partial charge in [-0.25, -0.2) is 14.4 Å². The molecule has 1 aromatic heterocycles. The lowest BCUT2D eigenvalue weighted by Crippen LogP contribution is -2.45. The molecule has 186 valence electrons. The van der Waals surface area contributed by atoms with Gasteiger partial charge in [-0.3, -0.25) is 0 Å². The van der Waals surface area contributed by atoms with E-state index in [-0.39, 0.29) is 5.75 Å². The van der Waals surface area contributed by atoms with Crippen LogP contribution in [0.3, 0.4) is 0 Å². The van der Waals surface area contributed by atoms with Crippen LogP contribution >= 0.6 is 0 Å². The Balaban J connectivity index is 1.97. The van der Waals surface area contributed by atoms with E-state index in [1.165, 1.54) is 0 Å². The van der Waals surface area contributed by atoms with Crippen LogP contribution in [0.5, 0.6) is 5.75 Å². The molecule has 0 saturated heterocycles. The van der Waals surface area contributed by atoms with E-state index in [1.54, 1.807) is 32.9 Å². The molecule has 0 aliphatic rings. The van der Waals surface area contributed by atoms with E-state index in [9.17, 15) is 14.4 Å². The summed E-state index contributed by atoms with van der Waals surface area (Å²) in [6, 6.07) is 12.2. The predicted molar refractivity (Wildman–Crippen MR) is 135 cm³/mol. The zero-order valence-electron chi connectivity index (χ0n) is 21.2. The predicted octanol–water partition coefficient (Wildman–Crippen LogP) is 5.60. The van der Waals surface area contributed by atoms with Crippen LogP contribution in [0.4, 0.5) is 4.79 Å². The number of carbonyl (C=O) groups excluding carboxylic acids is 2. The van der Waals surface area contributed by atoms with E-state index < -0.39 is 29.3 Å².